The molecule has 0 saturated heterocycles. The largest absolute Gasteiger partial charge is 0.377 e. The molecule has 1 heterocycles. The van der Waals surface area contributed by atoms with Crippen molar-refractivity contribution in [3.63, 3.8) is 0 Å². The van der Waals surface area contributed by atoms with E-state index in [1.54, 1.807) is 13.2 Å². The molecular formula is C12H13Cl2N3OS. The fourth-order valence-electron chi connectivity index (χ4n) is 1.55. The van der Waals surface area contributed by atoms with Gasteiger partial charge in [0, 0.05) is 18.6 Å². The molecule has 19 heavy (non-hydrogen) atoms. The van der Waals surface area contributed by atoms with E-state index in [-0.39, 0.29) is 6.04 Å². The van der Waals surface area contributed by atoms with Gasteiger partial charge in [0.1, 0.15) is 6.61 Å². The lowest BCUT2D eigenvalue weighted by Crippen LogP contribution is -2.06. The molecular weight excluding hydrogens is 305 g/mol. The van der Waals surface area contributed by atoms with Crippen LogP contribution in [0.15, 0.2) is 18.2 Å². The molecule has 102 valence electrons. The summed E-state index contributed by atoms with van der Waals surface area (Å²) in [6, 6.07) is 5.63. The molecule has 0 aliphatic carbocycles. The minimum absolute atomic E-state index is 0.0677. The fraction of sp³-hybridized carbons (Fsp3) is 0.333. The van der Waals surface area contributed by atoms with Crippen molar-refractivity contribution in [3.05, 3.63) is 39.6 Å². The summed E-state index contributed by atoms with van der Waals surface area (Å²) in [4.78, 5) is 4.32. The van der Waals surface area contributed by atoms with Gasteiger partial charge in [0.15, 0.2) is 5.82 Å². The lowest BCUT2D eigenvalue weighted by Gasteiger charge is -2.13. The van der Waals surface area contributed by atoms with Gasteiger partial charge in [0.05, 0.1) is 16.1 Å². The number of halogens is 2. The summed E-state index contributed by atoms with van der Waals surface area (Å²) in [6.07, 6.45) is 0. The molecule has 1 aromatic heterocycles. The van der Waals surface area contributed by atoms with E-state index < -0.39 is 0 Å². The van der Waals surface area contributed by atoms with Gasteiger partial charge in [-0.05, 0) is 24.6 Å². The van der Waals surface area contributed by atoms with Crippen LogP contribution in [-0.2, 0) is 11.3 Å². The van der Waals surface area contributed by atoms with Crippen LogP contribution in [0.5, 0.6) is 0 Å². The number of hydrogen-bond donors (Lipinski definition) is 1. The molecule has 0 spiro atoms. The normalized spacial score (nSPS) is 12.4. The summed E-state index contributed by atoms with van der Waals surface area (Å²) >= 11 is 13.2. The molecule has 1 aromatic carbocycles. The number of rotatable bonds is 5. The Morgan fingerprint density at radius 1 is 1.37 bits per heavy atom. The van der Waals surface area contributed by atoms with Crippen LogP contribution in [0, 0.1) is 0 Å². The van der Waals surface area contributed by atoms with Gasteiger partial charge < -0.3 is 10.1 Å². The standard InChI is InChI=1S/C12H13Cl2N3OS/c1-7(8-3-4-9(13)10(14)5-8)15-12-16-11(6-18-2)17-19-12/h3-5,7H,6H2,1-2H3,(H,15,16,17). The van der Waals surface area contributed by atoms with Crippen molar-refractivity contribution >= 4 is 39.9 Å². The lowest BCUT2D eigenvalue weighted by molar-refractivity contribution is 0.179. The number of anilines is 1. The minimum Gasteiger partial charge on any atom is -0.377 e. The van der Waals surface area contributed by atoms with Crippen LogP contribution in [0.3, 0.4) is 0 Å². The number of hydrogen-bond acceptors (Lipinski definition) is 5. The monoisotopic (exact) mass is 317 g/mol. The van der Waals surface area contributed by atoms with E-state index in [2.05, 4.69) is 14.7 Å². The van der Waals surface area contributed by atoms with Crippen LogP contribution < -0.4 is 5.32 Å². The molecule has 1 atom stereocenters. The molecule has 1 N–H and O–H groups in total. The van der Waals surface area contributed by atoms with Gasteiger partial charge in [-0.2, -0.15) is 4.37 Å². The molecule has 0 aliphatic rings. The van der Waals surface area contributed by atoms with Crippen LogP contribution in [0.2, 0.25) is 10.0 Å². The minimum atomic E-state index is 0.0677. The SMILES string of the molecule is COCc1nsc(NC(C)c2ccc(Cl)c(Cl)c2)n1. The average molecular weight is 318 g/mol. The summed E-state index contributed by atoms with van der Waals surface area (Å²) in [7, 11) is 1.62. The first kappa shape index (κ1) is 14.5. The van der Waals surface area contributed by atoms with Crippen LogP contribution in [0.4, 0.5) is 5.13 Å². The Morgan fingerprint density at radius 3 is 2.84 bits per heavy atom. The zero-order chi connectivity index (χ0) is 13.8. The second-order valence-corrected chi connectivity index (χ2v) is 5.55. The van der Waals surface area contributed by atoms with Crippen LogP contribution in [0.1, 0.15) is 24.4 Å². The molecule has 1 unspecified atom stereocenters. The van der Waals surface area contributed by atoms with Gasteiger partial charge in [-0.25, -0.2) is 4.98 Å². The zero-order valence-electron chi connectivity index (χ0n) is 10.5. The third kappa shape index (κ3) is 3.79. The van der Waals surface area contributed by atoms with E-state index >= 15 is 0 Å². The Labute approximate surface area is 125 Å². The number of ether oxygens (including phenoxy) is 1. The average Bonchev–Trinajstić information content (AvgIpc) is 2.80. The fourth-order valence-corrected chi connectivity index (χ4v) is 2.52. The maximum Gasteiger partial charge on any atom is 0.203 e. The molecule has 7 heteroatoms. The maximum absolute atomic E-state index is 6.00. The van der Waals surface area contributed by atoms with Gasteiger partial charge in [-0.15, -0.1) is 0 Å². The summed E-state index contributed by atoms with van der Waals surface area (Å²) < 4.78 is 9.16. The topological polar surface area (TPSA) is 47.0 Å². The van der Waals surface area contributed by atoms with E-state index in [1.807, 2.05) is 19.1 Å². The van der Waals surface area contributed by atoms with Gasteiger partial charge in [0.25, 0.3) is 0 Å². The summed E-state index contributed by atoms with van der Waals surface area (Å²) in [5.74, 6) is 0.677. The number of nitrogens with one attached hydrogen (secondary N) is 1. The molecule has 0 saturated carbocycles. The van der Waals surface area contributed by atoms with E-state index in [9.17, 15) is 0 Å². The first-order chi connectivity index (χ1) is 9.10. The summed E-state index contributed by atoms with van der Waals surface area (Å²) in [5, 5.41) is 5.12. The number of aromatic nitrogens is 2. The number of methoxy groups -OCH3 is 1. The summed E-state index contributed by atoms with van der Waals surface area (Å²) in [5.41, 5.74) is 1.04. The van der Waals surface area contributed by atoms with Gasteiger partial charge >= 0.3 is 0 Å². The quantitative estimate of drug-likeness (QED) is 0.899. The Kier molecular flexibility index (Phi) is 4.99. The highest BCUT2D eigenvalue weighted by Gasteiger charge is 2.10. The zero-order valence-corrected chi connectivity index (χ0v) is 12.8. The van der Waals surface area contributed by atoms with Crippen molar-refractivity contribution in [1.82, 2.24) is 9.36 Å². The van der Waals surface area contributed by atoms with Crippen LogP contribution in [0.25, 0.3) is 0 Å². The third-order valence-corrected chi connectivity index (χ3v) is 3.95. The van der Waals surface area contributed by atoms with Crippen molar-refractivity contribution in [2.45, 2.75) is 19.6 Å². The molecule has 0 amide bonds. The van der Waals surface area contributed by atoms with E-state index in [0.717, 1.165) is 10.7 Å². The van der Waals surface area contributed by atoms with Crippen molar-refractivity contribution < 1.29 is 4.74 Å². The Balaban J connectivity index is 2.06. The van der Waals surface area contributed by atoms with Crippen molar-refractivity contribution in [3.8, 4) is 0 Å². The van der Waals surface area contributed by atoms with Gasteiger partial charge in [-0.3, -0.25) is 0 Å². The summed E-state index contributed by atoms with van der Waals surface area (Å²) in [6.45, 7) is 2.44. The highest BCUT2D eigenvalue weighted by molar-refractivity contribution is 7.09. The third-order valence-electron chi connectivity index (χ3n) is 2.53. The number of benzene rings is 1. The highest BCUT2D eigenvalue weighted by atomic mass is 35.5. The van der Waals surface area contributed by atoms with Gasteiger partial charge in [0.2, 0.25) is 5.13 Å². The van der Waals surface area contributed by atoms with E-state index in [1.165, 1.54) is 11.5 Å². The van der Waals surface area contributed by atoms with Crippen LogP contribution >= 0.6 is 34.7 Å². The van der Waals surface area contributed by atoms with Crippen LogP contribution in [-0.4, -0.2) is 16.5 Å². The molecule has 4 nitrogen and oxygen atoms in total. The molecule has 0 fully saturated rings. The predicted octanol–water partition coefficient (Wildman–Crippen LogP) is 4.16. The molecule has 2 rings (SSSR count). The lowest BCUT2D eigenvalue weighted by atomic mass is 10.1. The molecule has 2 aromatic rings. The smallest absolute Gasteiger partial charge is 0.203 e. The van der Waals surface area contributed by atoms with Crippen molar-refractivity contribution in [1.29, 1.82) is 0 Å². The van der Waals surface area contributed by atoms with E-state index in [0.29, 0.717) is 22.5 Å². The molecule has 0 radical (unpaired) electrons. The van der Waals surface area contributed by atoms with E-state index in [4.69, 9.17) is 27.9 Å². The van der Waals surface area contributed by atoms with Crippen molar-refractivity contribution in [2.24, 2.45) is 0 Å². The van der Waals surface area contributed by atoms with Crippen molar-refractivity contribution in [2.75, 3.05) is 12.4 Å². The first-order valence-corrected chi connectivity index (χ1v) is 7.16. The Hall–Kier alpha value is -0.880. The predicted molar refractivity (Wildman–Crippen MR) is 79.1 cm³/mol. The number of nitrogens with zero attached hydrogens (tertiary/aromatic N) is 2. The first-order valence-electron chi connectivity index (χ1n) is 5.63. The second kappa shape index (κ2) is 6.52. The highest BCUT2D eigenvalue weighted by Crippen LogP contribution is 2.27. The second-order valence-electron chi connectivity index (χ2n) is 3.99. The molecule has 0 bridgehead atoms. The van der Waals surface area contributed by atoms with Gasteiger partial charge in [-0.1, -0.05) is 29.3 Å². The maximum atomic E-state index is 6.00. The Morgan fingerprint density at radius 2 is 2.16 bits per heavy atom. The Bertz CT molecular complexity index is 562. The molecule has 0 aliphatic heterocycles.